The Hall–Kier alpha value is -0.890. The first-order chi connectivity index (χ1) is 13.5. The molecule has 5 heteroatoms. The molecule has 4 aliphatic rings. The number of carbonyl (C=O) groups is 1. The SMILES string of the molecule is CC(C)(C)NC(=O)[C@H]1CCC2C3CCC4C=C(P(=O)=O)CC[C@]4(C)C3CC[C@@]21C. The summed E-state index contributed by atoms with van der Waals surface area (Å²) in [5, 5.41) is 3.92. The van der Waals surface area contributed by atoms with E-state index in [4.69, 9.17) is 0 Å². The summed E-state index contributed by atoms with van der Waals surface area (Å²) >= 11 is 0. The van der Waals surface area contributed by atoms with Crippen molar-refractivity contribution in [1.82, 2.24) is 5.32 Å². The van der Waals surface area contributed by atoms with Crippen molar-refractivity contribution < 1.29 is 13.9 Å². The molecule has 4 nitrogen and oxygen atoms in total. The molecule has 3 saturated carbocycles. The van der Waals surface area contributed by atoms with Crippen LogP contribution in [0.15, 0.2) is 11.4 Å². The highest BCUT2D eigenvalue weighted by Gasteiger charge is 2.60. The van der Waals surface area contributed by atoms with Gasteiger partial charge in [-0.25, -0.2) is 9.13 Å². The van der Waals surface area contributed by atoms with Crippen LogP contribution in [-0.4, -0.2) is 11.4 Å². The lowest BCUT2D eigenvalue weighted by atomic mass is 9.45. The van der Waals surface area contributed by atoms with Gasteiger partial charge in [-0.2, -0.15) is 0 Å². The Morgan fingerprint density at radius 3 is 2.34 bits per heavy atom. The van der Waals surface area contributed by atoms with Gasteiger partial charge in [0.05, 0.1) is 0 Å². The highest BCUT2D eigenvalue weighted by Crippen LogP contribution is 2.67. The van der Waals surface area contributed by atoms with Gasteiger partial charge in [-0.3, -0.25) is 4.79 Å². The molecule has 0 bridgehead atoms. The highest BCUT2D eigenvalue weighted by molar-refractivity contribution is 7.36. The fourth-order valence-corrected chi connectivity index (χ4v) is 8.48. The molecule has 29 heavy (non-hydrogen) atoms. The molecule has 0 radical (unpaired) electrons. The van der Waals surface area contributed by atoms with E-state index in [1.165, 1.54) is 19.3 Å². The molecule has 4 unspecified atom stereocenters. The zero-order valence-corrected chi connectivity index (χ0v) is 19.7. The molecule has 4 aliphatic carbocycles. The van der Waals surface area contributed by atoms with E-state index in [9.17, 15) is 13.9 Å². The Bertz CT molecular complexity index is 786. The topological polar surface area (TPSA) is 63.2 Å². The summed E-state index contributed by atoms with van der Waals surface area (Å²) in [5.41, 5.74) is 0.168. The second-order valence-electron chi connectivity index (χ2n) is 11.9. The molecule has 1 N–H and O–H groups in total. The standard InChI is InChI=1S/C24H38NO3P/c1-22(2,3)25-21(26)20-9-8-18-17-7-6-15-14-16(29(27)28)10-12-23(15,4)19(17)11-13-24(18,20)5/h14-15,17-20H,6-13H2,1-5H3,(H,25,26)/t15?,17?,18?,19?,20-,23+,24+/m1/s1. The van der Waals surface area contributed by atoms with E-state index >= 15 is 0 Å². The van der Waals surface area contributed by atoms with Crippen LogP contribution in [0.1, 0.15) is 86.0 Å². The Kier molecular flexibility index (Phi) is 5.21. The summed E-state index contributed by atoms with van der Waals surface area (Å²) in [5.74, 6) is 2.80. The van der Waals surface area contributed by atoms with Crippen LogP contribution >= 0.6 is 7.68 Å². The monoisotopic (exact) mass is 419 g/mol. The van der Waals surface area contributed by atoms with Crippen molar-refractivity contribution >= 4 is 13.6 Å². The molecule has 4 rings (SSSR count). The second-order valence-corrected chi connectivity index (χ2v) is 13.0. The van der Waals surface area contributed by atoms with Gasteiger partial charge in [-0.05, 0) is 107 Å². The van der Waals surface area contributed by atoms with E-state index in [2.05, 4.69) is 46.0 Å². The molecule has 0 aromatic carbocycles. The van der Waals surface area contributed by atoms with E-state index in [-0.39, 0.29) is 28.2 Å². The van der Waals surface area contributed by atoms with E-state index in [0.29, 0.717) is 35.4 Å². The summed E-state index contributed by atoms with van der Waals surface area (Å²) in [6.45, 7) is 11.0. The van der Waals surface area contributed by atoms with Crippen molar-refractivity contribution in [2.75, 3.05) is 0 Å². The minimum atomic E-state index is -2.42. The van der Waals surface area contributed by atoms with Crippen LogP contribution in [0, 0.1) is 40.4 Å². The van der Waals surface area contributed by atoms with Crippen molar-refractivity contribution in [1.29, 1.82) is 0 Å². The first-order valence-corrected chi connectivity index (χ1v) is 12.8. The largest absolute Gasteiger partial charge is 0.351 e. The maximum absolute atomic E-state index is 13.1. The lowest BCUT2D eigenvalue weighted by molar-refractivity contribution is -0.135. The molecule has 3 fully saturated rings. The Labute approximate surface area is 176 Å². The van der Waals surface area contributed by atoms with Crippen LogP contribution in [0.4, 0.5) is 0 Å². The number of hydrogen-bond donors (Lipinski definition) is 1. The number of carbonyl (C=O) groups excluding carboxylic acids is 1. The van der Waals surface area contributed by atoms with Crippen LogP contribution in [-0.2, 0) is 13.9 Å². The number of allylic oxidation sites excluding steroid dienone is 2. The fourth-order valence-electron chi connectivity index (χ4n) is 7.88. The summed E-state index contributed by atoms with van der Waals surface area (Å²) in [7, 11) is -2.42. The predicted octanol–water partition coefficient (Wildman–Crippen LogP) is 6.23. The second kappa shape index (κ2) is 7.08. The molecule has 0 saturated heterocycles. The predicted molar refractivity (Wildman–Crippen MR) is 115 cm³/mol. The van der Waals surface area contributed by atoms with Gasteiger partial charge in [-0.15, -0.1) is 0 Å². The Morgan fingerprint density at radius 1 is 1.00 bits per heavy atom. The molecular formula is C24H38NO3P. The molecular weight excluding hydrogens is 381 g/mol. The van der Waals surface area contributed by atoms with Gasteiger partial charge in [0.1, 0.15) is 0 Å². The van der Waals surface area contributed by atoms with Gasteiger partial charge < -0.3 is 5.32 Å². The molecule has 0 aromatic rings. The van der Waals surface area contributed by atoms with Crippen LogP contribution in [0.3, 0.4) is 0 Å². The third-order valence-electron chi connectivity index (χ3n) is 9.30. The average molecular weight is 420 g/mol. The molecule has 0 aliphatic heterocycles. The fraction of sp³-hybridized carbons (Fsp3) is 0.875. The molecule has 0 heterocycles. The summed E-state index contributed by atoms with van der Waals surface area (Å²) < 4.78 is 23.1. The van der Waals surface area contributed by atoms with Crippen molar-refractivity contribution in [2.24, 2.45) is 40.4 Å². The first kappa shape index (κ1) is 21.3. The lowest BCUT2D eigenvalue weighted by Crippen LogP contribution is -2.54. The van der Waals surface area contributed by atoms with Gasteiger partial charge in [0.2, 0.25) is 5.91 Å². The van der Waals surface area contributed by atoms with Crippen molar-refractivity contribution in [3.8, 4) is 0 Å². The molecule has 0 spiro atoms. The number of fused-ring (bicyclic) bond motifs is 5. The molecule has 162 valence electrons. The van der Waals surface area contributed by atoms with Crippen LogP contribution in [0.25, 0.3) is 0 Å². The van der Waals surface area contributed by atoms with Gasteiger partial charge in [0.25, 0.3) is 0 Å². The minimum absolute atomic E-state index is 0.119. The van der Waals surface area contributed by atoms with Gasteiger partial charge in [-0.1, -0.05) is 19.9 Å². The zero-order chi connectivity index (χ0) is 21.2. The maximum Gasteiger partial charge on any atom is 0.344 e. The third-order valence-corrected chi connectivity index (χ3v) is 10.1. The number of amides is 1. The third kappa shape index (κ3) is 3.48. The van der Waals surface area contributed by atoms with Gasteiger partial charge in [0.15, 0.2) is 0 Å². The Morgan fingerprint density at radius 2 is 1.69 bits per heavy atom. The quantitative estimate of drug-likeness (QED) is 0.540. The molecule has 1 amide bonds. The molecule has 0 aromatic heterocycles. The van der Waals surface area contributed by atoms with Gasteiger partial charge >= 0.3 is 7.68 Å². The van der Waals surface area contributed by atoms with E-state index in [1.807, 2.05) is 0 Å². The van der Waals surface area contributed by atoms with Crippen molar-refractivity contribution in [3.05, 3.63) is 11.4 Å². The summed E-state index contributed by atoms with van der Waals surface area (Å²) in [4.78, 5) is 13.1. The smallest absolute Gasteiger partial charge is 0.344 e. The minimum Gasteiger partial charge on any atom is -0.351 e. The van der Waals surface area contributed by atoms with E-state index in [0.717, 1.165) is 25.7 Å². The van der Waals surface area contributed by atoms with Crippen LogP contribution < -0.4 is 5.32 Å². The average Bonchev–Trinajstić information content (AvgIpc) is 2.96. The van der Waals surface area contributed by atoms with Crippen LogP contribution in [0.2, 0.25) is 0 Å². The van der Waals surface area contributed by atoms with Crippen molar-refractivity contribution in [2.45, 2.75) is 91.5 Å². The first-order valence-electron chi connectivity index (χ1n) is 11.6. The lowest BCUT2D eigenvalue weighted by Gasteiger charge is -2.59. The maximum atomic E-state index is 13.1. The number of nitrogens with one attached hydrogen (secondary N) is 1. The summed E-state index contributed by atoms with van der Waals surface area (Å²) in [6.07, 6.45) is 10.6. The Balaban J connectivity index is 1.57. The highest BCUT2D eigenvalue weighted by atomic mass is 31.1. The van der Waals surface area contributed by atoms with E-state index in [1.54, 1.807) is 0 Å². The van der Waals surface area contributed by atoms with Crippen LogP contribution in [0.5, 0.6) is 0 Å². The number of hydrogen-bond acceptors (Lipinski definition) is 3. The number of rotatable bonds is 2. The normalized spacial score (nSPS) is 44.2. The van der Waals surface area contributed by atoms with Crippen molar-refractivity contribution in [3.63, 3.8) is 0 Å². The van der Waals surface area contributed by atoms with E-state index < -0.39 is 7.68 Å². The zero-order valence-electron chi connectivity index (χ0n) is 18.8. The summed E-state index contributed by atoms with van der Waals surface area (Å²) in [6, 6.07) is 0. The van der Waals surface area contributed by atoms with Gasteiger partial charge in [0, 0.05) is 16.8 Å². The molecule has 7 atom stereocenters.